The van der Waals surface area contributed by atoms with Crippen molar-refractivity contribution < 1.29 is 26.9 Å². The highest BCUT2D eigenvalue weighted by atomic mass is 32.2. The smallest absolute Gasteiger partial charge is 0.309 e. The molecule has 0 N–H and O–H groups in total. The lowest BCUT2D eigenvalue weighted by Gasteiger charge is -2.23. The Balaban J connectivity index is 1.71. The summed E-state index contributed by atoms with van der Waals surface area (Å²) in [7, 11) is -3.25. The van der Waals surface area contributed by atoms with Crippen LogP contribution in [0.2, 0.25) is 25.7 Å². The summed E-state index contributed by atoms with van der Waals surface area (Å²) >= 11 is 0. The summed E-state index contributed by atoms with van der Waals surface area (Å²) < 4.78 is 42.3. The predicted octanol–water partition coefficient (Wildman–Crippen LogP) is 3.68. The van der Waals surface area contributed by atoms with Crippen LogP contribution in [-0.2, 0) is 67.9 Å². The van der Waals surface area contributed by atoms with E-state index in [2.05, 4.69) is 34.5 Å². The Kier molecular flexibility index (Phi) is 12.3. The largest absolute Gasteiger partial charge is 0.469 e. The molecule has 226 valence electrons. The van der Waals surface area contributed by atoms with Gasteiger partial charge in [-0.2, -0.15) is 8.42 Å². The molecule has 41 heavy (non-hydrogen) atoms. The third-order valence-corrected chi connectivity index (χ3v) is 8.71. The first kappa shape index (κ1) is 32.7. The van der Waals surface area contributed by atoms with Crippen LogP contribution in [0.3, 0.4) is 0 Å². The molecule has 0 fully saturated rings. The van der Waals surface area contributed by atoms with Gasteiger partial charge in [0, 0.05) is 52.6 Å². The van der Waals surface area contributed by atoms with Crippen molar-refractivity contribution in [2.45, 2.75) is 71.4 Å². The lowest BCUT2D eigenvalue weighted by molar-refractivity contribution is -0.139. The molecule has 0 aliphatic rings. The molecule has 0 atom stereocenters. The van der Waals surface area contributed by atoms with Gasteiger partial charge in [0.1, 0.15) is 18.4 Å². The molecule has 0 saturated carbocycles. The second-order valence-electron chi connectivity index (χ2n) is 11.3. The molecule has 1 aromatic carbocycles. The molecular formula is C28H43N5O6SSi. The van der Waals surface area contributed by atoms with Crippen molar-refractivity contribution >= 4 is 24.2 Å². The summed E-state index contributed by atoms with van der Waals surface area (Å²) in [6, 6.07) is 9.03. The fourth-order valence-electron chi connectivity index (χ4n) is 4.12. The van der Waals surface area contributed by atoms with E-state index in [1.54, 1.807) is 12.4 Å². The van der Waals surface area contributed by atoms with Crippen LogP contribution in [0.25, 0.3) is 0 Å². The minimum atomic E-state index is -3.47. The van der Waals surface area contributed by atoms with Crippen molar-refractivity contribution in [3.05, 3.63) is 71.8 Å². The molecule has 0 radical (unpaired) electrons. The Morgan fingerprint density at radius 2 is 1.54 bits per heavy atom. The topological polar surface area (TPSA) is 118 Å². The number of ether oxygens (including phenoxy) is 2. The van der Waals surface area contributed by atoms with Crippen LogP contribution >= 0.6 is 0 Å². The van der Waals surface area contributed by atoms with Gasteiger partial charge in [0.05, 0.1) is 39.5 Å². The molecule has 13 heteroatoms. The highest BCUT2D eigenvalue weighted by molar-refractivity contribution is 7.85. The molecule has 0 spiro atoms. The van der Waals surface area contributed by atoms with E-state index in [1.165, 1.54) is 7.11 Å². The molecule has 0 unspecified atom stereocenters. The number of hydrogen-bond acceptors (Lipinski definition) is 9. The van der Waals surface area contributed by atoms with Crippen molar-refractivity contribution in [1.82, 2.24) is 24.0 Å². The molecule has 0 aliphatic heterocycles. The molecule has 0 bridgehead atoms. The van der Waals surface area contributed by atoms with Crippen LogP contribution in [-0.4, -0.2) is 73.0 Å². The predicted molar refractivity (Wildman–Crippen MR) is 159 cm³/mol. The van der Waals surface area contributed by atoms with E-state index in [9.17, 15) is 13.2 Å². The third kappa shape index (κ3) is 12.3. The number of rotatable bonds is 18. The Labute approximate surface area is 244 Å². The normalized spacial score (nSPS) is 12.2. The number of benzene rings is 1. The Morgan fingerprint density at radius 1 is 0.927 bits per heavy atom. The van der Waals surface area contributed by atoms with Gasteiger partial charge in [-0.3, -0.25) is 13.9 Å². The second kappa shape index (κ2) is 15.4. The first-order chi connectivity index (χ1) is 19.4. The zero-order valence-electron chi connectivity index (χ0n) is 24.8. The zero-order valence-corrected chi connectivity index (χ0v) is 26.6. The second-order valence-corrected chi connectivity index (χ2v) is 18.6. The van der Waals surface area contributed by atoms with E-state index in [1.807, 2.05) is 45.8 Å². The summed E-state index contributed by atoms with van der Waals surface area (Å²) in [6.45, 7) is 10.6. The van der Waals surface area contributed by atoms with Gasteiger partial charge in [-0.05, 0) is 23.6 Å². The number of methoxy groups -OCH3 is 1. The fourth-order valence-corrected chi connectivity index (χ4v) is 5.30. The minimum Gasteiger partial charge on any atom is -0.469 e. The van der Waals surface area contributed by atoms with Crippen molar-refractivity contribution in [1.29, 1.82) is 0 Å². The minimum absolute atomic E-state index is 0.118. The number of carbonyl (C=O) groups is 1. The quantitative estimate of drug-likeness (QED) is 0.0926. The fraction of sp³-hybridized carbons (Fsp3) is 0.536. The van der Waals surface area contributed by atoms with E-state index >= 15 is 0 Å². The number of imidazole rings is 2. The van der Waals surface area contributed by atoms with Crippen molar-refractivity contribution in [3.63, 3.8) is 0 Å². The highest BCUT2D eigenvalue weighted by Crippen LogP contribution is 2.16. The maximum atomic E-state index is 11.7. The Morgan fingerprint density at radius 3 is 2.15 bits per heavy atom. The number of nitrogens with zero attached hydrogens (tertiary/aromatic N) is 5. The van der Waals surface area contributed by atoms with Gasteiger partial charge in [0.25, 0.3) is 10.1 Å². The van der Waals surface area contributed by atoms with Crippen molar-refractivity contribution in [3.8, 4) is 0 Å². The summed E-state index contributed by atoms with van der Waals surface area (Å²) in [5, 5.41) is 0. The summed E-state index contributed by atoms with van der Waals surface area (Å²) in [5.41, 5.74) is 1.98. The molecular weight excluding hydrogens is 562 g/mol. The van der Waals surface area contributed by atoms with Crippen LogP contribution in [0.5, 0.6) is 0 Å². The SMILES string of the molecule is COC(=O)Cc1ccc(CN(Cc2nccn2CCCOS(C)(=O)=O)Cc2nccn2COCC[Si](C)(C)C)cc1. The van der Waals surface area contributed by atoms with Crippen LogP contribution in [0.15, 0.2) is 49.1 Å². The lowest BCUT2D eigenvalue weighted by Crippen LogP contribution is -2.27. The molecule has 0 amide bonds. The van der Waals surface area contributed by atoms with Crippen LogP contribution in [0, 0.1) is 0 Å². The molecule has 3 aromatic rings. The highest BCUT2D eigenvalue weighted by Gasteiger charge is 2.16. The standard InChI is InChI=1S/C28H43N5O6SSi/c1-37-28(34)19-24-7-9-25(10-8-24)20-31(21-26-29-11-14-32(26)13-6-16-39-40(2,35)36)22-27-30-12-15-33(27)23-38-17-18-41(3,4)5/h7-12,14-15H,6,13,16-23H2,1-5H3. The number of carbonyl (C=O) groups excluding carboxylic acids is 1. The van der Waals surface area contributed by atoms with Gasteiger partial charge in [-0.25, -0.2) is 9.97 Å². The van der Waals surface area contributed by atoms with Crippen LogP contribution in [0.4, 0.5) is 0 Å². The molecule has 3 rings (SSSR count). The average Bonchev–Trinajstić information content (AvgIpc) is 3.53. The van der Waals surface area contributed by atoms with Gasteiger partial charge < -0.3 is 18.6 Å². The Hall–Kier alpha value is -2.84. The van der Waals surface area contributed by atoms with Crippen LogP contribution < -0.4 is 0 Å². The van der Waals surface area contributed by atoms with Gasteiger partial charge in [0.2, 0.25) is 0 Å². The molecule has 2 aromatic heterocycles. The van der Waals surface area contributed by atoms with Gasteiger partial charge in [-0.1, -0.05) is 43.9 Å². The monoisotopic (exact) mass is 605 g/mol. The molecule has 0 aliphatic carbocycles. The van der Waals surface area contributed by atoms with Crippen molar-refractivity contribution in [2.24, 2.45) is 0 Å². The lowest BCUT2D eigenvalue weighted by atomic mass is 10.1. The van der Waals surface area contributed by atoms with Gasteiger partial charge >= 0.3 is 5.97 Å². The summed E-state index contributed by atoms with van der Waals surface area (Å²) in [4.78, 5) is 23.1. The summed E-state index contributed by atoms with van der Waals surface area (Å²) in [6.07, 6.45) is 9.19. The molecule has 0 saturated heterocycles. The number of esters is 1. The molecule has 2 heterocycles. The van der Waals surface area contributed by atoms with E-state index in [-0.39, 0.29) is 19.0 Å². The van der Waals surface area contributed by atoms with E-state index in [0.29, 0.717) is 39.3 Å². The average molecular weight is 606 g/mol. The van der Waals surface area contributed by atoms with Gasteiger partial charge in [-0.15, -0.1) is 0 Å². The number of aryl methyl sites for hydroxylation is 1. The first-order valence-corrected chi connectivity index (χ1v) is 19.2. The van der Waals surface area contributed by atoms with E-state index in [0.717, 1.165) is 41.7 Å². The summed E-state index contributed by atoms with van der Waals surface area (Å²) in [5.74, 6) is 1.48. The maximum absolute atomic E-state index is 11.7. The van der Waals surface area contributed by atoms with Crippen molar-refractivity contribution in [2.75, 3.05) is 26.6 Å². The molecule has 11 nitrogen and oxygen atoms in total. The van der Waals surface area contributed by atoms with E-state index < -0.39 is 18.2 Å². The Bertz CT molecular complexity index is 1330. The number of hydrogen-bond donors (Lipinski definition) is 0. The maximum Gasteiger partial charge on any atom is 0.309 e. The van der Waals surface area contributed by atoms with Gasteiger partial charge in [0.15, 0.2) is 0 Å². The zero-order chi connectivity index (χ0) is 29.9. The third-order valence-electron chi connectivity index (χ3n) is 6.41. The van der Waals surface area contributed by atoms with Crippen LogP contribution in [0.1, 0.15) is 29.2 Å². The number of aromatic nitrogens is 4. The van der Waals surface area contributed by atoms with E-state index in [4.69, 9.17) is 13.7 Å². The first-order valence-electron chi connectivity index (χ1n) is 13.7.